The van der Waals surface area contributed by atoms with Crippen LogP contribution in [0.25, 0.3) is 0 Å². The van der Waals surface area contributed by atoms with Gasteiger partial charge in [-0.15, -0.1) is 11.8 Å². The normalized spacial score (nSPS) is 10.3. The minimum atomic E-state index is -0.991. The second-order valence-corrected chi connectivity index (χ2v) is 4.35. The van der Waals surface area contributed by atoms with Gasteiger partial charge in [-0.1, -0.05) is 6.07 Å². The quantitative estimate of drug-likeness (QED) is 0.840. The molecule has 0 radical (unpaired) electrons. The Bertz CT molecular complexity index is 534. The molecule has 1 heterocycles. The van der Waals surface area contributed by atoms with Gasteiger partial charge in [0.15, 0.2) is 0 Å². The molecule has 1 aromatic carbocycles. The first-order valence-electron chi connectivity index (χ1n) is 5.28. The van der Waals surface area contributed by atoms with E-state index in [1.807, 2.05) is 6.26 Å². The molecule has 18 heavy (non-hydrogen) atoms. The fraction of sp³-hybridized carbons (Fsp3) is 0.154. The number of hydrogen-bond acceptors (Lipinski definition) is 4. The van der Waals surface area contributed by atoms with E-state index in [2.05, 4.69) is 0 Å². The second kappa shape index (κ2) is 5.64. The van der Waals surface area contributed by atoms with Crippen LogP contribution in [0.1, 0.15) is 16.1 Å². The van der Waals surface area contributed by atoms with Gasteiger partial charge in [-0.3, -0.25) is 0 Å². The summed E-state index contributed by atoms with van der Waals surface area (Å²) < 4.78 is 10.6. The zero-order valence-corrected chi connectivity index (χ0v) is 10.6. The Morgan fingerprint density at radius 3 is 2.83 bits per heavy atom. The molecule has 2 aromatic rings. The summed E-state index contributed by atoms with van der Waals surface area (Å²) >= 11 is 1.38. The van der Waals surface area contributed by atoms with Crippen molar-refractivity contribution in [3.8, 4) is 5.75 Å². The molecule has 0 aliphatic heterocycles. The van der Waals surface area contributed by atoms with Crippen LogP contribution < -0.4 is 4.74 Å². The Balaban J connectivity index is 2.24. The summed E-state index contributed by atoms with van der Waals surface area (Å²) in [5.74, 6) is 0.0149. The molecule has 0 fully saturated rings. The van der Waals surface area contributed by atoms with Gasteiger partial charge in [0.25, 0.3) is 0 Å². The van der Waals surface area contributed by atoms with E-state index in [1.165, 1.54) is 11.8 Å². The lowest BCUT2D eigenvalue weighted by Gasteiger charge is -2.10. The van der Waals surface area contributed by atoms with E-state index in [0.717, 1.165) is 0 Å². The van der Waals surface area contributed by atoms with Crippen LogP contribution >= 0.6 is 11.8 Å². The summed E-state index contributed by atoms with van der Waals surface area (Å²) in [6.45, 7) is 0.213. The number of carboxylic acid groups (broad SMARTS) is 1. The van der Waals surface area contributed by atoms with Crippen molar-refractivity contribution >= 4 is 17.7 Å². The number of thioether (sulfide) groups is 1. The predicted molar refractivity (Wildman–Crippen MR) is 68.2 cm³/mol. The third-order valence-corrected chi connectivity index (χ3v) is 3.15. The predicted octanol–water partition coefficient (Wildman–Crippen LogP) is 3.28. The summed E-state index contributed by atoms with van der Waals surface area (Å²) in [4.78, 5) is 11.9. The maximum absolute atomic E-state index is 11.2. The summed E-state index contributed by atoms with van der Waals surface area (Å²) in [6.07, 6.45) is 3.38. The van der Waals surface area contributed by atoms with Crippen LogP contribution in [0.5, 0.6) is 5.75 Å². The number of rotatable bonds is 5. The van der Waals surface area contributed by atoms with Gasteiger partial charge in [0.1, 0.15) is 23.7 Å². The molecular formula is C13H12O4S. The van der Waals surface area contributed by atoms with Gasteiger partial charge in [-0.25, -0.2) is 4.79 Å². The summed E-state index contributed by atoms with van der Waals surface area (Å²) in [6, 6.07) is 8.71. The molecule has 0 spiro atoms. The number of benzene rings is 1. The maximum Gasteiger partial charge on any atom is 0.340 e. The fourth-order valence-corrected chi connectivity index (χ4v) is 2.16. The molecule has 4 nitrogen and oxygen atoms in total. The zero-order chi connectivity index (χ0) is 13.0. The Hall–Kier alpha value is -1.88. The topological polar surface area (TPSA) is 59.7 Å². The first-order chi connectivity index (χ1) is 8.72. The van der Waals surface area contributed by atoms with Gasteiger partial charge < -0.3 is 14.3 Å². The average molecular weight is 264 g/mol. The molecule has 0 saturated carbocycles. The highest BCUT2D eigenvalue weighted by Crippen LogP contribution is 2.29. The summed E-state index contributed by atoms with van der Waals surface area (Å²) in [5, 5.41) is 9.22. The molecule has 94 valence electrons. The van der Waals surface area contributed by atoms with Gasteiger partial charge in [0.05, 0.1) is 6.26 Å². The molecule has 0 atom stereocenters. The van der Waals surface area contributed by atoms with Crippen LogP contribution in [-0.4, -0.2) is 17.3 Å². The largest absolute Gasteiger partial charge is 0.485 e. The highest BCUT2D eigenvalue weighted by Gasteiger charge is 2.16. The summed E-state index contributed by atoms with van der Waals surface area (Å²) in [7, 11) is 0. The standard InChI is InChI=1S/C13H12O4S/c1-18-11-6-2-5-10(12(11)13(14)15)17-8-9-4-3-7-16-9/h2-7H,8H2,1H3,(H,14,15). The van der Waals surface area contributed by atoms with E-state index in [9.17, 15) is 9.90 Å². The van der Waals surface area contributed by atoms with Gasteiger partial charge in [0, 0.05) is 4.90 Å². The minimum Gasteiger partial charge on any atom is -0.485 e. The number of furan rings is 1. The van der Waals surface area contributed by atoms with Crippen molar-refractivity contribution in [2.24, 2.45) is 0 Å². The highest BCUT2D eigenvalue weighted by atomic mass is 32.2. The van der Waals surface area contributed by atoms with E-state index < -0.39 is 5.97 Å². The third kappa shape index (κ3) is 2.68. The Kier molecular flexibility index (Phi) is 3.94. The van der Waals surface area contributed by atoms with Gasteiger partial charge >= 0.3 is 5.97 Å². The number of hydrogen-bond donors (Lipinski definition) is 1. The van der Waals surface area contributed by atoms with Crippen LogP contribution in [0.3, 0.4) is 0 Å². The Labute approximate surface area is 109 Å². The number of aromatic carboxylic acids is 1. The van der Waals surface area contributed by atoms with Crippen molar-refractivity contribution in [1.82, 2.24) is 0 Å². The van der Waals surface area contributed by atoms with Crippen LogP contribution in [0.2, 0.25) is 0 Å². The Morgan fingerprint density at radius 1 is 1.39 bits per heavy atom. The van der Waals surface area contributed by atoms with E-state index >= 15 is 0 Å². The molecule has 1 aromatic heterocycles. The van der Waals surface area contributed by atoms with Crippen LogP contribution in [0.15, 0.2) is 45.9 Å². The van der Waals surface area contributed by atoms with Gasteiger partial charge in [-0.2, -0.15) is 0 Å². The SMILES string of the molecule is CSc1cccc(OCc2ccco2)c1C(=O)O. The van der Waals surface area contributed by atoms with Crippen molar-refractivity contribution in [3.63, 3.8) is 0 Å². The van der Waals surface area contributed by atoms with Crippen LogP contribution in [-0.2, 0) is 6.61 Å². The fourth-order valence-electron chi connectivity index (χ4n) is 1.56. The van der Waals surface area contributed by atoms with E-state index in [0.29, 0.717) is 16.4 Å². The van der Waals surface area contributed by atoms with Crippen LogP contribution in [0, 0.1) is 0 Å². The molecule has 0 bridgehead atoms. The lowest BCUT2D eigenvalue weighted by atomic mass is 10.2. The minimum absolute atomic E-state index is 0.191. The first kappa shape index (κ1) is 12.6. The first-order valence-corrected chi connectivity index (χ1v) is 6.50. The molecule has 0 unspecified atom stereocenters. The van der Waals surface area contributed by atoms with E-state index in [4.69, 9.17) is 9.15 Å². The average Bonchev–Trinajstić information content (AvgIpc) is 2.88. The van der Waals surface area contributed by atoms with E-state index in [-0.39, 0.29) is 12.2 Å². The lowest BCUT2D eigenvalue weighted by molar-refractivity contribution is 0.0687. The van der Waals surface area contributed by atoms with E-state index in [1.54, 1.807) is 36.6 Å². The van der Waals surface area contributed by atoms with Gasteiger partial charge in [-0.05, 0) is 30.5 Å². The Morgan fingerprint density at radius 2 is 2.22 bits per heavy atom. The molecule has 5 heteroatoms. The van der Waals surface area contributed by atoms with Crippen molar-refractivity contribution in [2.45, 2.75) is 11.5 Å². The second-order valence-electron chi connectivity index (χ2n) is 3.51. The number of carbonyl (C=O) groups is 1. The molecule has 0 aliphatic rings. The number of carboxylic acids is 1. The highest BCUT2D eigenvalue weighted by molar-refractivity contribution is 7.98. The third-order valence-electron chi connectivity index (χ3n) is 2.37. The molecule has 2 rings (SSSR count). The smallest absolute Gasteiger partial charge is 0.340 e. The van der Waals surface area contributed by atoms with Crippen molar-refractivity contribution in [2.75, 3.05) is 6.26 Å². The monoisotopic (exact) mass is 264 g/mol. The molecule has 0 aliphatic carbocycles. The lowest BCUT2D eigenvalue weighted by Crippen LogP contribution is -2.04. The van der Waals surface area contributed by atoms with Crippen molar-refractivity contribution < 1.29 is 19.1 Å². The van der Waals surface area contributed by atoms with Crippen LogP contribution in [0.4, 0.5) is 0 Å². The summed E-state index contributed by atoms with van der Waals surface area (Å²) in [5.41, 5.74) is 0.191. The maximum atomic E-state index is 11.2. The molecule has 1 N–H and O–H groups in total. The van der Waals surface area contributed by atoms with Crippen molar-refractivity contribution in [1.29, 1.82) is 0 Å². The van der Waals surface area contributed by atoms with Gasteiger partial charge in [0.2, 0.25) is 0 Å². The molecular weight excluding hydrogens is 252 g/mol. The molecule has 0 amide bonds. The zero-order valence-electron chi connectivity index (χ0n) is 9.75. The van der Waals surface area contributed by atoms with Crippen molar-refractivity contribution in [3.05, 3.63) is 47.9 Å². The molecule has 0 saturated heterocycles. The number of ether oxygens (including phenoxy) is 1.